The van der Waals surface area contributed by atoms with Gasteiger partial charge in [-0.3, -0.25) is 4.31 Å². The van der Waals surface area contributed by atoms with Crippen LogP contribution in [0.4, 0.5) is 5.69 Å². The first-order chi connectivity index (χ1) is 14.6. The largest absolute Gasteiger partial charge is 0.486 e. The summed E-state index contributed by atoms with van der Waals surface area (Å²) in [6, 6.07) is 13.7. The van der Waals surface area contributed by atoms with Crippen molar-refractivity contribution in [2.24, 2.45) is 0 Å². The molecule has 2 aliphatic heterocycles. The van der Waals surface area contributed by atoms with Crippen LogP contribution in [0, 0.1) is 0 Å². The van der Waals surface area contributed by atoms with Crippen LogP contribution in [0.3, 0.4) is 0 Å². The van der Waals surface area contributed by atoms with Gasteiger partial charge >= 0.3 is 0 Å². The Morgan fingerprint density at radius 2 is 1.43 bits per heavy atom. The number of sulfonamides is 1. The Labute approximate surface area is 178 Å². The molecule has 0 amide bonds. The van der Waals surface area contributed by atoms with E-state index in [1.807, 2.05) is 17.5 Å². The highest BCUT2D eigenvalue weighted by atomic mass is 32.2. The molecule has 0 unspecified atom stereocenters. The quantitative estimate of drug-likeness (QED) is 0.596. The number of benzene rings is 2. The normalized spacial score (nSPS) is 14.9. The maximum absolute atomic E-state index is 13.7. The van der Waals surface area contributed by atoms with Crippen molar-refractivity contribution in [3.8, 4) is 23.0 Å². The lowest BCUT2D eigenvalue weighted by atomic mass is 10.2. The van der Waals surface area contributed by atoms with Gasteiger partial charge in [0.15, 0.2) is 23.0 Å². The minimum absolute atomic E-state index is 0.137. The summed E-state index contributed by atoms with van der Waals surface area (Å²) in [5.41, 5.74) is 0.502. The molecule has 0 radical (unpaired) electrons. The van der Waals surface area contributed by atoms with Crippen LogP contribution < -0.4 is 23.3 Å². The number of thiophene rings is 1. The fraction of sp³-hybridized carbons (Fsp3) is 0.238. The van der Waals surface area contributed by atoms with Crippen molar-refractivity contribution in [3.63, 3.8) is 0 Å². The summed E-state index contributed by atoms with van der Waals surface area (Å²) in [6.07, 6.45) is 0. The molecule has 0 fully saturated rings. The molecule has 0 N–H and O–H groups in total. The molecule has 1 aromatic heterocycles. The van der Waals surface area contributed by atoms with Crippen molar-refractivity contribution < 1.29 is 27.4 Å². The zero-order valence-electron chi connectivity index (χ0n) is 15.9. The molecule has 9 heteroatoms. The summed E-state index contributed by atoms with van der Waals surface area (Å²) in [4.78, 5) is 1.06. The zero-order valence-corrected chi connectivity index (χ0v) is 17.6. The molecule has 3 heterocycles. The number of ether oxygens (including phenoxy) is 4. The van der Waals surface area contributed by atoms with Gasteiger partial charge in [0.25, 0.3) is 10.0 Å². The van der Waals surface area contributed by atoms with E-state index in [0.29, 0.717) is 55.1 Å². The molecule has 0 aliphatic carbocycles. The van der Waals surface area contributed by atoms with Gasteiger partial charge in [-0.05, 0) is 35.7 Å². The van der Waals surface area contributed by atoms with Crippen molar-refractivity contribution in [2.75, 3.05) is 30.7 Å². The predicted octanol–water partition coefficient (Wildman–Crippen LogP) is 3.69. The third-order valence-corrected chi connectivity index (χ3v) is 7.43. The van der Waals surface area contributed by atoms with Crippen LogP contribution in [0.25, 0.3) is 0 Å². The second-order valence-electron chi connectivity index (χ2n) is 6.72. The molecule has 3 aromatic rings. The van der Waals surface area contributed by atoms with E-state index in [-0.39, 0.29) is 11.4 Å². The third kappa shape index (κ3) is 3.54. The van der Waals surface area contributed by atoms with E-state index in [0.717, 1.165) is 4.88 Å². The summed E-state index contributed by atoms with van der Waals surface area (Å²) in [7, 11) is -3.88. The number of fused-ring (bicyclic) bond motifs is 2. The molecule has 2 aromatic carbocycles. The first-order valence-electron chi connectivity index (χ1n) is 9.46. The van der Waals surface area contributed by atoms with Crippen molar-refractivity contribution >= 4 is 27.0 Å². The maximum atomic E-state index is 13.7. The van der Waals surface area contributed by atoms with Crippen LogP contribution in [-0.2, 0) is 16.6 Å². The predicted molar refractivity (Wildman–Crippen MR) is 113 cm³/mol. The average Bonchev–Trinajstić information content (AvgIpc) is 3.30. The molecule has 0 saturated carbocycles. The average molecular weight is 446 g/mol. The summed E-state index contributed by atoms with van der Waals surface area (Å²) in [5.74, 6) is 2.12. The molecule has 0 bridgehead atoms. The second-order valence-corrected chi connectivity index (χ2v) is 9.62. The van der Waals surface area contributed by atoms with Gasteiger partial charge in [0, 0.05) is 17.0 Å². The van der Waals surface area contributed by atoms with Crippen molar-refractivity contribution in [2.45, 2.75) is 11.4 Å². The number of nitrogens with zero attached hydrogens (tertiary/aromatic N) is 1. The highest BCUT2D eigenvalue weighted by molar-refractivity contribution is 7.92. The lowest BCUT2D eigenvalue weighted by molar-refractivity contribution is 0.171. The Morgan fingerprint density at radius 1 is 0.800 bits per heavy atom. The van der Waals surface area contributed by atoms with E-state index in [1.54, 1.807) is 30.3 Å². The van der Waals surface area contributed by atoms with Crippen LogP contribution in [0.15, 0.2) is 58.8 Å². The van der Waals surface area contributed by atoms with Crippen LogP contribution in [-0.4, -0.2) is 34.8 Å². The fourth-order valence-electron chi connectivity index (χ4n) is 3.36. The standard InChI is InChI=1S/C21H19NO6S2/c23-30(24,17-4-6-19-21(13-17)28-10-8-26-19)22(14-16-2-1-11-29-16)15-3-5-18-20(12-15)27-9-7-25-18/h1-6,11-13H,7-10,14H2. The Balaban J connectivity index is 1.57. The summed E-state index contributed by atoms with van der Waals surface area (Å²) >= 11 is 1.50. The van der Waals surface area contributed by atoms with Gasteiger partial charge in [-0.2, -0.15) is 0 Å². The van der Waals surface area contributed by atoms with Gasteiger partial charge in [0.1, 0.15) is 26.4 Å². The van der Waals surface area contributed by atoms with E-state index in [4.69, 9.17) is 18.9 Å². The van der Waals surface area contributed by atoms with Crippen LogP contribution in [0.5, 0.6) is 23.0 Å². The van der Waals surface area contributed by atoms with Gasteiger partial charge in [-0.25, -0.2) is 8.42 Å². The van der Waals surface area contributed by atoms with E-state index in [9.17, 15) is 8.42 Å². The second kappa shape index (κ2) is 7.73. The summed E-state index contributed by atoms with van der Waals surface area (Å²) in [6.45, 7) is 1.93. The smallest absolute Gasteiger partial charge is 0.264 e. The molecule has 0 spiro atoms. The molecule has 7 nitrogen and oxygen atoms in total. The first kappa shape index (κ1) is 19.1. The zero-order chi connectivity index (χ0) is 20.6. The topological polar surface area (TPSA) is 74.3 Å². The van der Waals surface area contributed by atoms with Crippen molar-refractivity contribution in [1.29, 1.82) is 0 Å². The van der Waals surface area contributed by atoms with Gasteiger partial charge in [0.2, 0.25) is 0 Å². The van der Waals surface area contributed by atoms with Crippen molar-refractivity contribution in [3.05, 3.63) is 58.8 Å². The minimum atomic E-state index is -3.88. The lowest BCUT2D eigenvalue weighted by Crippen LogP contribution is -2.30. The molecule has 0 saturated heterocycles. The minimum Gasteiger partial charge on any atom is -0.486 e. The Morgan fingerprint density at radius 3 is 2.10 bits per heavy atom. The Hall–Kier alpha value is -2.91. The number of rotatable bonds is 5. The monoisotopic (exact) mass is 445 g/mol. The van der Waals surface area contributed by atoms with Crippen LogP contribution in [0.1, 0.15) is 4.88 Å². The Bertz CT molecular complexity index is 1160. The number of hydrogen-bond donors (Lipinski definition) is 0. The summed E-state index contributed by atoms with van der Waals surface area (Å²) in [5, 5.41) is 1.92. The maximum Gasteiger partial charge on any atom is 0.264 e. The molecular formula is C21H19NO6S2. The van der Waals surface area contributed by atoms with Gasteiger partial charge < -0.3 is 18.9 Å². The fourth-order valence-corrected chi connectivity index (χ4v) is 5.58. The lowest BCUT2D eigenvalue weighted by Gasteiger charge is -2.27. The van der Waals surface area contributed by atoms with Gasteiger partial charge in [-0.1, -0.05) is 6.07 Å². The van der Waals surface area contributed by atoms with E-state index in [1.165, 1.54) is 21.7 Å². The van der Waals surface area contributed by atoms with E-state index < -0.39 is 10.0 Å². The molecule has 0 atom stereocenters. The summed E-state index contributed by atoms with van der Waals surface area (Å²) < 4.78 is 51.1. The van der Waals surface area contributed by atoms with Crippen molar-refractivity contribution in [1.82, 2.24) is 0 Å². The highest BCUT2D eigenvalue weighted by Crippen LogP contribution is 2.38. The molecule has 2 aliphatic rings. The molecule has 30 heavy (non-hydrogen) atoms. The Kier molecular flexibility index (Phi) is 4.92. The van der Waals surface area contributed by atoms with Gasteiger partial charge in [-0.15, -0.1) is 11.3 Å². The van der Waals surface area contributed by atoms with Crippen LogP contribution >= 0.6 is 11.3 Å². The number of anilines is 1. The number of hydrogen-bond acceptors (Lipinski definition) is 7. The SMILES string of the molecule is O=S(=O)(c1ccc2c(c1)OCCO2)N(Cc1cccs1)c1ccc2c(c1)OCCO2. The van der Waals surface area contributed by atoms with E-state index in [2.05, 4.69) is 0 Å². The van der Waals surface area contributed by atoms with Gasteiger partial charge in [0.05, 0.1) is 17.1 Å². The van der Waals surface area contributed by atoms with Crippen LogP contribution in [0.2, 0.25) is 0 Å². The van der Waals surface area contributed by atoms with E-state index >= 15 is 0 Å². The first-order valence-corrected chi connectivity index (χ1v) is 11.8. The highest BCUT2D eigenvalue weighted by Gasteiger charge is 2.29. The molecule has 5 rings (SSSR count). The third-order valence-electron chi connectivity index (χ3n) is 4.79. The molecule has 156 valence electrons. The molecular weight excluding hydrogens is 426 g/mol.